The van der Waals surface area contributed by atoms with Gasteiger partial charge in [-0.3, -0.25) is 4.79 Å². The fraction of sp³-hybridized carbons (Fsp3) is 0.357. The zero-order valence-corrected chi connectivity index (χ0v) is 11.8. The van der Waals surface area contributed by atoms with E-state index in [1.807, 2.05) is 0 Å². The van der Waals surface area contributed by atoms with E-state index in [-0.39, 0.29) is 30.7 Å². The molecule has 20 heavy (non-hydrogen) atoms. The first-order chi connectivity index (χ1) is 9.25. The minimum absolute atomic E-state index is 0. The van der Waals surface area contributed by atoms with Gasteiger partial charge < -0.3 is 15.4 Å². The van der Waals surface area contributed by atoms with Crippen molar-refractivity contribution in [2.24, 2.45) is 0 Å². The van der Waals surface area contributed by atoms with Crippen LogP contribution in [-0.4, -0.2) is 32.1 Å². The van der Waals surface area contributed by atoms with Gasteiger partial charge >= 0.3 is 0 Å². The van der Waals surface area contributed by atoms with Crippen molar-refractivity contribution in [3.63, 3.8) is 0 Å². The monoisotopic (exact) mass is 300 g/mol. The molecule has 110 valence electrons. The molecule has 0 atom stereocenters. The fourth-order valence-corrected chi connectivity index (χ4v) is 1.80. The molecule has 0 bridgehead atoms. The van der Waals surface area contributed by atoms with Crippen LogP contribution in [0.2, 0.25) is 0 Å². The van der Waals surface area contributed by atoms with Crippen LogP contribution in [-0.2, 0) is 4.79 Å². The maximum atomic E-state index is 13.2. The molecule has 1 heterocycles. The lowest BCUT2D eigenvalue weighted by Crippen LogP contribution is -2.32. The van der Waals surface area contributed by atoms with Crippen molar-refractivity contribution in [1.29, 1.82) is 0 Å². The van der Waals surface area contributed by atoms with E-state index >= 15 is 0 Å². The molecule has 4 nitrogen and oxygen atoms in total. The summed E-state index contributed by atoms with van der Waals surface area (Å²) in [5.41, 5.74) is 1.21. The third-order valence-corrected chi connectivity index (χ3v) is 2.87. The molecule has 1 aromatic rings. The Morgan fingerprint density at radius 2 is 2.20 bits per heavy atom. The first kappa shape index (κ1) is 16.5. The van der Waals surface area contributed by atoms with Gasteiger partial charge in [0, 0.05) is 13.1 Å². The Hall–Kier alpha value is -1.59. The van der Waals surface area contributed by atoms with Gasteiger partial charge in [-0.25, -0.2) is 4.39 Å². The van der Waals surface area contributed by atoms with Gasteiger partial charge in [0.05, 0.1) is 0 Å². The van der Waals surface area contributed by atoms with Crippen LogP contribution in [0.5, 0.6) is 5.75 Å². The summed E-state index contributed by atoms with van der Waals surface area (Å²) < 4.78 is 18.4. The molecular weight excluding hydrogens is 283 g/mol. The molecule has 0 spiro atoms. The topological polar surface area (TPSA) is 50.4 Å². The Balaban J connectivity index is 0.00000200. The zero-order chi connectivity index (χ0) is 13.5. The van der Waals surface area contributed by atoms with Crippen molar-refractivity contribution in [2.75, 3.05) is 26.2 Å². The standard InChI is InChI=1S/C14H17FN2O2.ClH/c15-12-3-1-2-4-13(12)19-10-14(18)17-9-11-5-7-16-8-6-11;/h1-5,16H,6-10H2,(H,17,18);1H. The first-order valence-corrected chi connectivity index (χ1v) is 6.28. The summed E-state index contributed by atoms with van der Waals surface area (Å²) in [7, 11) is 0. The van der Waals surface area contributed by atoms with Crippen LogP contribution in [0.15, 0.2) is 35.9 Å². The van der Waals surface area contributed by atoms with E-state index in [1.165, 1.54) is 17.7 Å². The Morgan fingerprint density at radius 1 is 1.40 bits per heavy atom. The molecule has 0 saturated heterocycles. The lowest BCUT2D eigenvalue weighted by molar-refractivity contribution is -0.122. The van der Waals surface area contributed by atoms with Gasteiger partial charge in [0.2, 0.25) is 0 Å². The highest BCUT2D eigenvalue weighted by Crippen LogP contribution is 2.14. The number of amides is 1. The Morgan fingerprint density at radius 3 is 2.90 bits per heavy atom. The lowest BCUT2D eigenvalue weighted by atomic mass is 10.1. The van der Waals surface area contributed by atoms with E-state index in [4.69, 9.17) is 4.74 Å². The van der Waals surface area contributed by atoms with E-state index < -0.39 is 5.82 Å². The van der Waals surface area contributed by atoms with Crippen molar-refractivity contribution in [2.45, 2.75) is 6.42 Å². The van der Waals surface area contributed by atoms with Gasteiger partial charge in [-0.15, -0.1) is 12.4 Å². The maximum Gasteiger partial charge on any atom is 0.258 e. The molecule has 1 aliphatic rings. The molecule has 1 amide bonds. The molecule has 0 unspecified atom stereocenters. The van der Waals surface area contributed by atoms with Gasteiger partial charge in [-0.1, -0.05) is 23.8 Å². The fourth-order valence-electron chi connectivity index (χ4n) is 1.80. The smallest absolute Gasteiger partial charge is 0.258 e. The minimum atomic E-state index is -0.462. The molecular formula is C14H18ClFN2O2. The molecule has 0 fully saturated rings. The van der Waals surface area contributed by atoms with Crippen LogP contribution < -0.4 is 15.4 Å². The summed E-state index contributed by atoms with van der Waals surface area (Å²) >= 11 is 0. The van der Waals surface area contributed by atoms with E-state index in [0.717, 1.165) is 19.5 Å². The molecule has 0 aromatic heterocycles. The van der Waals surface area contributed by atoms with Crippen molar-refractivity contribution in [3.8, 4) is 5.75 Å². The number of hydrogen-bond donors (Lipinski definition) is 2. The number of nitrogens with one attached hydrogen (secondary N) is 2. The largest absolute Gasteiger partial charge is 0.481 e. The van der Waals surface area contributed by atoms with Crippen molar-refractivity contribution < 1.29 is 13.9 Å². The van der Waals surface area contributed by atoms with Crippen LogP contribution in [0, 0.1) is 5.82 Å². The minimum Gasteiger partial charge on any atom is -0.481 e. The van der Waals surface area contributed by atoms with Gasteiger partial charge in [0.25, 0.3) is 5.91 Å². The van der Waals surface area contributed by atoms with Crippen LogP contribution in [0.25, 0.3) is 0 Å². The number of hydrogen-bond acceptors (Lipinski definition) is 3. The highest BCUT2D eigenvalue weighted by Gasteiger charge is 2.08. The highest BCUT2D eigenvalue weighted by molar-refractivity contribution is 5.85. The number of carbonyl (C=O) groups excluding carboxylic acids is 1. The quantitative estimate of drug-likeness (QED) is 0.813. The number of rotatable bonds is 5. The lowest BCUT2D eigenvalue weighted by Gasteiger charge is -2.14. The molecule has 2 N–H and O–H groups in total. The highest BCUT2D eigenvalue weighted by atomic mass is 35.5. The average molecular weight is 301 g/mol. The number of halogens is 2. The summed E-state index contributed by atoms with van der Waals surface area (Å²) in [6.45, 7) is 2.14. The molecule has 2 rings (SSSR count). The van der Waals surface area contributed by atoms with Gasteiger partial charge in [-0.05, 0) is 25.1 Å². The normalized spacial score (nSPS) is 13.9. The first-order valence-electron chi connectivity index (χ1n) is 6.28. The van der Waals surface area contributed by atoms with E-state index in [0.29, 0.717) is 6.54 Å². The van der Waals surface area contributed by atoms with Crippen LogP contribution in [0.1, 0.15) is 6.42 Å². The predicted octanol–water partition coefficient (Wildman–Crippen LogP) is 1.66. The maximum absolute atomic E-state index is 13.2. The number of benzene rings is 1. The van der Waals surface area contributed by atoms with Crippen LogP contribution in [0.4, 0.5) is 4.39 Å². The van der Waals surface area contributed by atoms with E-state index in [9.17, 15) is 9.18 Å². The predicted molar refractivity (Wildman–Crippen MR) is 77.7 cm³/mol. The second-order valence-electron chi connectivity index (χ2n) is 4.31. The van der Waals surface area contributed by atoms with Crippen LogP contribution >= 0.6 is 12.4 Å². The summed E-state index contributed by atoms with van der Waals surface area (Å²) in [6.07, 6.45) is 3.01. The molecule has 1 aliphatic heterocycles. The van der Waals surface area contributed by atoms with Crippen molar-refractivity contribution >= 4 is 18.3 Å². The Labute approximate surface area is 123 Å². The second-order valence-corrected chi connectivity index (χ2v) is 4.31. The number of carbonyl (C=O) groups is 1. The van der Waals surface area contributed by atoms with Gasteiger partial charge in [0.1, 0.15) is 0 Å². The third-order valence-electron chi connectivity index (χ3n) is 2.87. The van der Waals surface area contributed by atoms with Crippen molar-refractivity contribution in [3.05, 3.63) is 41.7 Å². The molecule has 1 aromatic carbocycles. The second kappa shape index (κ2) is 8.55. The number of ether oxygens (including phenoxy) is 1. The summed E-state index contributed by atoms with van der Waals surface area (Å²) in [4.78, 5) is 11.6. The van der Waals surface area contributed by atoms with Gasteiger partial charge in [0.15, 0.2) is 18.2 Å². The van der Waals surface area contributed by atoms with E-state index in [2.05, 4.69) is 16.7 Å². The Kier molecular flexibility index (Phi) is 7.04. The van der Waals surface area contributed by atoms with Crippen molar-refractivity contribution in [1.82, 2.24) is 10.6 Å². The Bertz CT molecular complexity index is 480. The average Bonchev–Trinajstić information content (AvgIpc) is 2.45. The summed E-state index contributed by atoms with van der Waals surface area (Å²) in [5.74, 6) is -0.613. The summed E-state index contributed by atoms with van der Waals surface area (Å²) in [6, 6.07) is 6.03. The van der Waals surface area contributed by atoms with Gasteiger partial charge in [-0.2, -0.15) is 0 Å². The van der Waals surface area contributed by atoms with E-state index in [1.54, 1.807) is 12.1 Å². The SMILES string of the molecule is Cl.O=C(COc1ccccc1F)NCC1=CCNCC1. The third kappa shape index (κ3) is 5.19. The molecule has 0 saturated carbocycles. The molecule has 0 aliphatic carbocycles. The summed E-state index contributed by atoms with van der Waals surface area (Å²) in [5, 5.41) is 5.96. The molecule has 6 heteroatoms. The zero-order valence-electron chi connectivity index (χ0n) is 11.0. The number of para-hydroxylation sites is 1. The van der Waals surface area contributed by atoms with Crippen LogP contribution in [0.3, 0.4) is 0 Å². The molecule has 0 radical (unpaired) electrons.